The average Bonchev–Trinajstić information content (AvgIpc) is 2.37. The van der Waals surface area contributed by atoms with Gasteiger partial charge in [-0.2, -0.15) is 5.26 Å². The topological polar surface area (TPSA) is 51.5 Å². The molecule has 0 aliphatic heterocycles. The number of rotatable bonds is 12. The molecule has 0 N–H and O–H groups in total. The van der Waals surface area contributed by atoms with Crippen LogP contribution in [-0.4, -0.2) is 31.3 Å². The molecule has 0 bridgehead atoms. The molecule has 0 rings (SSSR count). The lowest BCUT2D eigenvalue weighted by Gasteiger charge is -2.37. The molecular weight excluding hydrogens is 270 g/mol. The number of hydrogen-bond acceptors (Lipinski definition) is 5. The summed E-state index contributed by atoms with van der Waals surface area (Å²) in [5.74, 6) is 1.65. The number of thioether (sulfide) groups is 1. The highest BCUT2D eigenvalue weighted by Crippen LogP contribution is 2.52. The van der Waals surface area contributed by atoms with E-state index >= 15 is 0 Å². The Labute approximate surface area is 117 Å². The van der Waals surface area contributed by atoms with Crippen LogP contribution in [0.1, 0.15) is 40.0 Å². The number of unbranched alkanes of at least 4 members (excludes halogenated alkanes) is 1. The van der Waals surface area contributed by atoms with Crippen molar-refractivity contribution in [3.63, 3.8) is 0 Å². The van der Waals surface area contributed by atoms with E-state index in [4.69, 9.17) is 17.8 Å². The molecule has 108 valence electrons. The predicted molar refractivity (Wildman–Crippen MR) is 79.3 cm³/mol. The molecule has 0 aromatic carbocycles. The summed E-state index contributed by atoms with van der Waals surface area (Å²) in [4.78, 5) is 0. The molecule has 0 unspecified atom stereocenters. The summed E-state index contributed by atoms with van der Waals surface area (Å²) in [6.45, 7) is 7.87. The molecule has 0 aromatic rings. The molecule has 0 amide bonds. The van der Waals surface area contributed by atoms with Gasteiger partial charge in [-0.05, 0) is 44.9 Å². The fourth-order valence-corrected chi connectivity index (χ4v) is 4.04. The molecule has 0 saturated heterocycles. The first-order valence-corrected chi connectivity index (χ1v) is 9.06. The standard InChI is InChI=1S/C12H25NO3S2/c1-4-9-16-18(14-5-2,15-6-3)11-8-7-10-17-12-13/h4-11H2,1-3H3. The maximum absolute atomic E-state index is 8.45. The van der Waals surface area contributed by atoms with Gasteiger partial charge >= 0.3 is 0 Å². The van der Waals surface area contributed by atoms with Crippen molar-refractivity contribution >= 4 is 22.6 Å². The minimum absolute atomic E-state index is 0.603. The molecule has 0 aliphatic rings. The molecule has 18 heavy (non-hydrogen) atoms. The van der Waals surface area contributed by atoms with E-state index in [0.29, 0.717) is 19.8 Å². The number of thiocyanates is 1. The minimum Gasteiger partial charge on any atom is -0.293 e. The highest BCUT2D eigenvalue weighted by atomic mass is 32.3. The Hall–Kier alpha value is 0.0700. The molecule has 0 spiro atoms. The van der Waals surface area contributed by atoms with Crippen molar-refractivity contribution in [3.05, 3.63) is 0 Å². The van der Waals surface area contributed by atoms with Crippen LogP contribution in [0, 0.1) is 10.7 Å². The smallest absolute Gasteiger partial charge is 0.133 e. The van der Waals surface area contributed by atoms with Crippen LogP contribution in [0.2, 0.25) is 0 Å². The van der Waals surface area contributed by atoms with Gasteiger partial charge in [0.2, 0.25) is 0 Å². The van der Waals surface area contributed by atoms with Crippen LogP contribution >= 0.6 is 22.6 Å². The lowest BCUT2D eigenvalue weighted by atomic mass is 10.4. The number of hydrogen-bond donors (Lipinski definition) is 0. The van der Waals surface area contributed by atoms with E-state index in [1.54, 1.807) is 0 Å². The molecule has 0 aliphatic carbocycles. The van der Waals surface area contributed by atoms with Crippen LogP contribution in [0.5, 0.6) is 0 Å². The van der Waals surface area contributed by atoms with Crippen LogP contribution < -0.4 is 0 Å². The zero-order chi connectivity index (χ0) is 13.7. The van der Waals surface area contributed by atoms with Crippen molar-refractivity contribution in [3.8, 4) is 5.40 Å². The number of nitrogens with zero attached hydrogens (tertiary/aromatic N) is 1. The van der Waals surface area contributed by atoms with Gasteiger partial charge in [0.1, 0.15) is 5.40 Å². The van der Waals surface area contributed by atoms with E-state index in [-0.39, 0.29) is 0 Å². The van der Waals surface area contributed by atoms with E-state index in [1.807, 2.05) is 13.8 Å². The summed E-state index contributed by atoms with van der Waals surface area (Å²) < 4.78 is 17.3. The Balaban J connectivity index is 4.18. The zero-order valence-corrected chi connectivity index (χ0v) is 13.3. The van der Waals surface area contributed by atoms with Crippen molar-refractivity contribution in [2.75, 3.05) is 31.3 Å². The highest BCUT2D eigenvalue weighted by molar-refractivity contribution is 8.21. The second kappa shape index (κ2) is 12.1. The van der Waals surface area contributed by atoms with Crippen LogP contribution in [-0.2, 0) is 12.5 Å². The molecule has 0 fully saturated rings. The van der Waals surface area contributed by atoms with Crippen molar-refractivity contribution in [2.45, 2.75) is 40.0 Å². The van der Waals surface area contributed by atoms with Crippen LogP contribution in [0.3, 0.4) is 0 Å². The van der Waals surface area contributed by atoms with Crippen molar-refractivity contribution in [1.82, 2.24) is 0 Å². The number of nitriles is 1. The van der Waals surface area contributed by atoms with Gasteiger partial charge in [0.25, 0.3) is 0 Å². The third-order valence-corrected chi connectivity index (χ3v) is 5.14. The van der Waals surface area contributed by atoms with Crippen LogP contribution in [0.25, 0.3) is 0 Å². The minimum atomic E-state index is -1.84. The Morgan fingerprint density at radius 2 is 1.72 bits per heavy atom. The van der Waals surface area contributed by atoms with E-state index < -0.39 is 10.9 Å². The van der Waals surface area contributed by atoms with Gasteiger partial charge in [0, 0.05) is 11.5 Å². The fraction of sp³-hybridized carbons (Fsp3) is 0.917. The Morgan fingerprint density at radius 3 is 2.22 bits per heavy atom. The van der Waals surface area contributed by atoms with Gasteiger partial charge in [-0.25, -0.2) is 0 Å². The average molecular weight is 295 g/mol. The van der Waals surface area contributed by atoms with E-state index in [0.717, 1.165) is 30.8 Å². The van der Waals surface area contributed by atoms with Crippen LogP contribution in [0.4, 0.5) is 0 Å². The Kier molecular flexibility index (Phi) is 12.2. The second-order valence-electron chi connectivity index (χ2n) is 3.54. The quantitative estimate of drug-likeness (QED) is 0.402. The summed E-state index contributed by atoms with van der Waals surface area (Å²) in [6, 6.07) is 0. The monoisotopic (exact) mass is 295 g/mol. The Morgan fingerprint density at radius 1 is 1.06 bits per heavy atom. The highest BCUT2D eigenvalue weighted by Gasteiger charge is 2.25. The molecule has 0 radical (unpaired) electrons. The zero-order valence-electron chi connectivity index (χ0n) is 11.6. The lowest BCUT2D eigenvalue weighted by Crippen LogP contribution is -2.17. The normalized spacial score (nSPS) is 12.3. The first-order chi connectivity index (χ1) is 8.74. The van der Waals surface area contributed by atoms with E-state index in [2.05, 4.69) is 12.3 Å². The van der Waals surface area contributed by atoms with Gasteiger partial charge in [0.05, 0.1) is 30.7 Å². The molecule has 0 heterocycles. The summed E-state index contributed by atoms with van der Waals surface area (Å²) in [6.07, 6.45) is 2.91. The summed E-state index contributed by atoms with van der Waals surface area (Å²) in [5.41, 5.74) is 0. The molecule has 0 saturated carbocycles. The van der Waals surface area contributed by atoms with E-state index in [9.17, 15) is 0 Å². The van der Waals surface area contributed by atoms with E-state index in [1.165, 1.54) is 11.8 Å². The van der Waals surface area contributed by atoms with Crippen molar-refractivity contribution in [2.24, 2.45) is 0 Å². The SMILES string of the molecule is CCCOS(CCCCSC#N)(OCC)OCC. The second-order valence-corrected chi connectivity index (χ2v) is 6.65. The predicted octanol–water partition coefficient (Wildman–Crippen LogP) is 4.03. The van der Waals surface area contributed by atoms with Gasteiger partial charge in [0.15, 0.2) is 0 Å². The third kappa shape index (κ3) is 8.22. The summed E-state index contributed by atoms with van der Waals surface area (Å²) in [7, 11) is -1.84. The lowest BCUT2D eigenvalue weighted by molar-refractivity contribution is 0.179. The first kappa shape index (κ1) is 18.1. The molecule has 4 nitrogen and oxygen atoms in total. The van der Waals surface area contributed by atoms with Gasteiger partial charge < -0.3 is 0 Å². The first-order valence-electron chi connectivity index (χ1n) is 6.49. The maximum atomic E-state index is 8.45. The molecule has 0 atom stereocenters. The van der Waals surface area contributed by atoms with Gasteiger partial charge in [-0.15, -0.1) is 0 Å². The molecular formula is C12H25NO3S2. The molecule has 0 aromatic heterocycles. The third-order valence-electron chi connectivity index (χ3n) is 2.02. The fourth-order valence-electron chi connectivity index (χ4n) is 1.35. The van der Waals surface area contributed by atoms with Crippen molar-refractivity contribution in [1.29, 1.82) is 5.26 Å². The Bertz CT molecular complexity index is 228. The largest absolute Gasteiger partial charge is 0.293 e. The van der Waals surface area contributed by atoms with Crippen molar-refractivity contribution < 1.29 is 12.5 Å². The summed E-state index contributed by atoms with van der Waals surface area (Å²) >= 11 is 1.30. The van der Waals surface area contributed by atoms with Gasteiger partial charge in [-0.1, -0.05) is 6.92 Å². The maximum Gasteiger partial charge on any atom is 0.133 e. The molecule has 6 heteroatoms. The van der Waals surface area contributed by atoms with Crippen LogP contribution in [0.15, 0.2) is 0 Å². The summed E-state index contributed by atoms with van der Waals surface area (Å²) in [5, 5.41) is 10.5. The van der Waals surface area contributed by atoms with Gasteiger partial charge in [-0.3, -0.25) is 12.5 Å².